The van der Waals surface area contributed by atoms with Gasteiger partial charge in [0.25, 0.3) is 5.91 Å². The quantitative estimate of drug-likeness (QED) is 0.715. The zero-order valence-corrected chi connectivity index (χ0v) is 13.8. The Bertz CT molecular complexity index is 837. The van der Waals surface area contributed by atoms with Crippen molar-refractivity contribution in [2.75, 3.05) is 12.4 Å². The average Bonchev–Trinajstić information content (AvgIpc) is 3.14. The molecule has 0 atom stereocenters. The minimum Gasteiger partial charge on any atom is -0.465 e. The molecular weight excluding hydrogens is 322 g/mol. The summed E-state index contributed by atoms with van der Waals surface area (Å²) in [5.74, 6) is -0.493. The number of methoxy groups -OCH3 is 1. The van der Waals surface area contributed by atoms with Gasteiger partial charge < -0.3 is 10.1 Å². The Morgan fingerprint density at radius 3 is 1.96 bits per heavy atom. The van der Waals surface area contributed by atoms with Crippen LogP contribution in [0, 0.1) is 0 Å². The molecule has 1 N–H and O–H groups in total. The summed E-state index contributed by atoms with van der Waals surface area (Å²) in [6, 6.07) is 18.2. The average molecular weight is 337 g/mol. The molecule has 2 aromatic carbocycles. The highest BCUT2D eigenvalue weighted by molar-refractivity contribution is 7.14. The zero-order chi connectivity index (χ0) is 16.9. The van der Waals surface area contributed by atoms with Gasteiger partial charge in [-0.3, -0.25) is 4.79 Å². The molecule has 1 heterocycles. The van der Waals surface area contributed by atoms with Crippen LogP contribution in [0.5, 0.6) is 0 Å². The van der Waals surface area contributed by atoms with E-state index in [0.717, 1.165) is 16.1 Å². The van der Waals surface area contributed by atoms with Gasteiger partial charge in [-0.15, -0.1) is 11.3 Å². The van der Waals surface area contributed by atoms with Crippen molar-refractivity contribution in [3.05, 3.63) is 77.2 Å². The van der Waals surface area contributed by atoms with Crippen LogP contribution in [0.25, 0.3) is 11.1 Å². The maximum atomic E-state index is 12.2. The minimum atomic E-state index is -0.359. The molecule has 0 saturated heterocycles. The van der Waals surface area contributed by atoms with Gasteiger partial charge in [-0.05, 0) is 52.9 Å². The topological polar surface area (TPSA) is 55.4 Å². The van der Waals surface area contributed by atoms with Crippen molar-refractivity contribution >= 4 is 28.2 Å². The Morgan fingerprint density at radius 1 is 0.875 bits per heavy atom. The van der Waals surface area contributed by atoms with Crippen LogP contribution >= 0.6 is 11.3 Å². The third kappa shape index (κ3) is 3.52. The summed E-state index contributed by atoms with van der Waals surface area (Å²) >= 11 is 1.48. The van der Waals surface area contributed by atoms with E-state index in [4.69, 9.17) is 0 Å². The number of thiophene rings is 1. The van der Waals surface area contributed by atoms with E-state index in [1.807, 2.05) is 41.8 Å². The molecule has 0 bridgehead atoms. The first kappa shape index (κ1) is 16.0. The fourth-order valence-electron chi connectivity index (χ4n) is 2.26. The predicted octanol–water partition coefficient (Wildman–Crippen LogP) is 4.45. The van der Waals surface area contributed by atoms with E-state index in [2.05, 4.69) is 10.1 Å². The second-order valence-electron chi connectivity index (χ2n) is 5.08. The van der Waals surface area contributed by atoms with E-state index < -0.39 is 0 Å². The van der Waals surface area contributed by atoms with Crippen molar-refractivity contribution in [2.24, 2.45) is 0 Å². The van der Waals surface area contributed by atoms with E-state index in [9.17, 15) is 9.59 Å². The molecule has 24 heavy (non-hydrogen) atoms. The second-order valence-corrected chi connectivity index (χ2v) is 6.03. The minimum absolute atomic E-state index is 0.134. The molecule has 4 nitrogen and oxygen atoms in total. The Hall–Kier alpha value is -2.92. The maximum absolute atomic E-state index is 12.2. The Balaban J connectivity index is 1.74. The van der Waals surface area contributed by atoms with Gasteiger partial charge in [0, 0.05) is 5.56 Å². The highest BCUT2D eigenvalue weighted by Gasteiger charge is 2.08. The predicted molar refractivity (Wildman–Crippen MR) is 95.5 cm³/mol. The van der Waals surface area contributed by atoms with Crippen molar-refractivity contribution in [1.82, 2.24) is 0 Å². The molecule has 0 aliphatic heterocycles. The number of hydrogen-bond donors (Lipinski definition) is 1. The van der Waals surface area contributed by atoms with Crippen LogP contribution < -0.4 is 5.32 Å². The van der Waals surface area contributed by atoms with Crippen molar-refractivity contribution < 1.29 is 14.3 Å². The van der Waals surface area contributed by atoms with Gasteiger partial charge in [0.05, 0.1) is 17.7 Å². The number of carbonyl (C=O) groups is 2. The highest BCUT2D eigenvalue weighted by Crippen LogP contribution is 2.22. The van der Waals surface area contributed by atoms with E-state index in [1.165, 1.54) is 18.4 Å². The largest absolute Gasteiger partial charge is 0.465 e. The molecule has 3 aromatic rings. The molecule has 1 aromatic heterocycles. The van der Waals surface area contributed by atoms with Gasteiger partial charge in [-0.25, -0.2) is 4.79 Å². The third-order valence-corrected chi connectivity index (χ3v) is 4.33. The van der Waals surface area contributed by atoms with Gasteiger partial charge >= 0.3 is 5.97 Å². The van der Waals surface area contributed by atoms with Crippen LogP contribution in [-0.2, 0) is 4.74 Å². The molecule has 3 rings (SSSR count). The van der Waals surface area contributed by atoms with Crippen molar-refractivity contribution in [1.29, 1.82) is 0 Å². The fourth-order valence-corrected chi connectivity index (χ4v) is 2.88. The molecular formula is C19H15NO3S. The van der Waals surface area contributed by atoms with Crippen LogP contribution in [0.15, 0.2) is 66.0 Å². The lowest BCUT2D eigenvalue weighted by Gasteiger charge is -2.06. The lowest BCUT2D eigenvalue weighted by atomic mass is 10.0. The number of rotatable bonds is 4. The lowest BCUT2D eigenvalue weighted by Crippen LogP contribution is -2.10. The van der Waals surface area contributed by atoms with Crippen molar-refractivity contribution in [3.63, 3.8) is 0 Å². The first-order valence-electron chi connectivity index (χ1n) is 7.31. The molecule has 1 amide bonds. The molecule has 5 heteroatoms. The number of anilines is 1. The van der Waals surface area contributed by atoms with Crippen LogP contribution in [-0.4, -0.2) is 19.0 Å². The smallest absolute Gasteiger partial charge is 0.337 e. The first-order chi connectivity index (χ1) is 11.7. The molecule has 0 aliphatic carbocycles. The normalized spacial score (nSPS) is 10.2. The van der Waals surface area contributed by atoms with E-state index >= 15 is 0 Å². The number of nitrogens with one attached hydrogen (secondary N) is 1. The zero-order valence-electron chi connectivity index (χ0n) is 13.0. The summed E-state index contributed by atoms with van der Waals surface area (Å²) in [7, 11) is 1.36. The van der Waals surface area contributed by atoms with E-state index in [1.54, 1.807) is 24.3 Å². The van der Waals surface area contributed by atoms with Gasteiger partial charge in [0.15, 0.2) is 0 Å². The standard InChI is InChI=1S/C19H15NO3S/c1-23-19(22)16-10-6-14(7-11-16)13-4-8-15(9-5-13)18(21)20-17-3-2-12-24-17/h2-12H,1H3,(H,20,21). The van der Waals surface area contributed by atoms with Crippen molar-refractivity contribution in [3.8, 4) is 11.1 Å². The molecule has 0 spiro atoms. The van der Waals surface area contributed by atoms with Crippen LogP contribution in [0.4, 0.5) is 5.00 Å². The molecule has 0 aliphatic rings. The number of ether oxygens (including phenoxy) is 1. The summed E-state index contributed by atoms with van der Waals surface area (Å²) in [4.78, 5) is 23.6. The number of carbonyl (C=O) groups excluding carboxylic acids is 2. The van der Waals surface area contributed by atoms with Gasteiger partial charge in [0.2, 0.25) is 0 Å². The summed E-state index contributed by atoms with van der Waals surface area (Å²) < 4.78 is 4.68. The number of hydrogen-bond acceptors (Lipinski definition) is 4. The van der Waals surface area contributed by atoms with E-state index in [0.29, 0.717) is 11.1 Å². The first-order valence-corrected chi connectivity index (χ1v) is 8.19. The molecule has 0 saturated carbocycles. The highest BCUT2D eigenvalue weighted by atomic mass is 32.1. The fraction of sp³-hybridized carbons (Fsp3) is 0.0526. The summed E-state index contributed by atoms with van der Waals surface area (Å²) in [6.45, 7) is 0. The monoisotopic (exact) mass is 337 g/mol. The van der Waals surface area contributed by atoms with Gasteiger partial charge in [0.1, 0.15) is 0 Å². The second kappa shape index (κ2) is 7.10. The lowest BCUT2D eigenvalue weighted by molar-refractivity contribution is 0.0600. The number of amides is 1. The Morgan fingerprint density at radius 2 is 1.46 bits per heavy atom. The number of esters is 1. The Kier molecular flexibility index (Phi) is 4.72. The summed E-state index contributed by atoms with van der Waals surface area (Å²) in [5, 5.41) is 5.59. The van der Waals surface area contributed by atoms with Gasteiger partial charge in [-0.1, -0.05) is 24.3 Å². The molecule has 120 valence electrons. The molecule has 0 radical (unpaired) electrons. The molecule has 0 unspecified atom stereocenters. The SMILES string of the molecule is COC(=O)c1ccc(-c2ccc(C(=O)Nc3cccs3)cc2)cc1. The Labute approximate surface area is 143 Å². The maximum Gasteiger partial charge on any atom is 0.337 e. The van der Waals surface area contributed by atoms with Crippen LogP contribution in [0.2, 0.25) is 0 Å². The summed E-state index contributed by atoms with van der Waals surface area (Å²) in [6.07, 6.45) is 0. The summed E-state index contributed by atoms with van der Waals surface area (Å²) in [5.41, 5.74) is 3.04. The third-order valence-electron chi connectivity index (χ3n) is 3.54. The number of benzene rings is 2. The molecule has 0 fully saturated rings. The van der Waals surface area contributed by atoms with Crippen LogP contribution in [0.1, 0.15) is 20.7 Å². The van der Waals surface area contributed by atoms with Crippen molar-refractivity contribution in [2.45, 2.75) is 0 Å². The van der Waals surface area contributed by atoms with Crippen LogP contribution in [0.3, 0.4) is 0 Å². The van der Waals surface area contributed by atoms with Gasteiger partial charge in [-0.2, -0.15) is 0 Å². The van der Waals surface area contributed by atoms with E-state index in [-0.39, 0.29) is 11.9 Å².